The van der Waals surface area contributed by atoms with Gasteiger partial charge in [0.25, 0.3) is 0 Å². The number of methoxy groups -OCH3 is 1. The number of carbonyl (C=O) groups is 4. The number of carbonyl (C=O) groups excluding carboxylic acids is 4. The lowest BCUT2D eigenvalue weighted by atomic mass is 9.83. The van der Waals surface area contributed by atoms with Gasteiger partial charge in [0.2, 0.25) is 12.2 Å². The Morgan fingerprint density at radius 3 is 2.21 bits per heavy atom. The van der Waals surface area contributed by atoms with E-state index < -0.39 is 42.4 Å². The maximum Gasteiger partial charge on any atom is 0.407 e. The Morgan fingerprint density at radius 2 is 1.58 bits per heavy atom. The highest BCUT2D eigenvalue weighted by Crippen LogP contribution is 2.44. The van der Waals surface area contributed by atoms with E-state index in [1.54, 1.807) is 13.0 Å². The minimum Gasteiger partial charge on any atom is -0.467 e. The molecule has 1 aliphatic heterocycles. The summed E-state index contributed by atoms with van der Waals surface area (Å²) in [5, 5.41) is 15.1. The zero-order valence-corrected chi connectivity index (χ0v) is 27.3. The molecule has 3 aromatic rings. The molecule has 2 aliphatic rings. The van der Waals surface area contributed by atoms with Crippen molar-refractivity contribution in [3.05, 3.63) is 83.4 Å². The molecular weight excluding hydrogens is 620 g/mol. The highest BCUT2D eigenvalue weighted by molar-refractivity contribution is 5.92. The third kappa shape index (κ3) is 7.61. The number of alkyl carbamates (subject to hydrolysis) is 1. The quantitative estimate of drug-likeness (QED) is 0.197. The van der Waals surface area contributed by atoms with Crippen LogP contribution >= 0.6 is 0 Å². The molecule has 3 aromatic carbocycles. The van der Waals surface area contributed by atoms with Gasteiger partial charge in [-0.3, -0.25) is 9.59 Å². The molecule has 0 unspecified atom stereocenters. The third-order valence-electron chi connectivity index (χ3n) is 8.82. The Kier molecular flexibility index (Phi) is 11.0. The standard InChI is InChI=1S/C36H40N2O10/c1-20-21(2)33(46-22(3)40)35(48-32(20)34(42)44-4)47-30-14-13-23(18-39)17-29(30)38-31(41)15-16-37-36(43)45-19-28-26-11-7-5-9-24(26)25-10-6-8-12-27(25)28/h5-14,17,20-21,28,32-33,35,39H,15-16,18-19H2,1-4H3,(H,37,43)(H,38,41)/t20-,21-,32-,33+,35-/m0/s1. The lowest BCUT2D eigenvalue weighted by Gasteiger charge is -2.42. The number of fused-ring (bicyclic) bond motifs is 3. The normalized spacial score (nSPS) is 21.3. The molecule has 0 bridgehead atoms. The summed E-state index contributed by atoms with van der Waals surface area (Å²) in [6, 6.07) is 20.7. The fraction of sp³-hybridized carbons (Fsp3) is 0.389. The molecule has 1 aliphatic carbocycles. The van der Waals surface area contributed by atoms with Crippen molar-refractivity contribution < 1.29 is 48.0 Å². The molecule has 3 N–H and O–H groups in total. The first-order valence-corrected chi connectivity index (χ1v) is 15.8. The average molecular weight is 661 g/mol. The summed E-state index contributed by atoms with van der Waals surface area (Å²) in [7, 11) is 1.25. The van der Waals surface area contributed by atoms with Crippen LogP contribution < -0.4 is 15.4 Å². The number of amides is 2. The molecule has 0 radical (unpaired) electrons. The molecule has 48 heavy (non-hydrogen) atoms. The van der Waals surface area contributed by atoms with Gasteiger partial charge in [-0.15, -0.1) is 0 Å². The fourth-order valence-corrected chi connectivity index (χ4v) is 6.15. The van der Waals surface area contributed by atoms with E-state index in [4.69, 9.17) is 23.7 Å². The van der Waals surface area contributed by atoms with Crippen molar-refractivity contribution in [3.63, 3.8) is 0 Å². The maximum absolute atomic E-state index is 13.0. The summed E-state index contributed by atoms with van der Waals surface area (Å²) >= 11 is 0. The number of aliphatic hydroxyl groups excluding tert-OH is 1. The van der Waals surface area contributed by atoms with Crippen molar-refractivity contribution in [2.75, 3.05) is 25.6 Å². The van der Waals surface area contributed by atoms with E-state index >= 15 is 0 Å². The monoisotopic (exact) mass is 660 g/mol. The number of ether oxygens (including phenoxy) is 5. The lowest BCUT2D eigenvalue weighted by molar-refractivity contribution is -0.248. The van der Waals surface area contributed by atoms with Gasteiger partial charge in [-0.25, -0.2) is 9.59 Å². The van der Waals surface area contributed by atoms with E-state index in [1.807, 2.05) is 43.3 Å². The molecule has 0 spiro atoms. The van der Waals surface area contributed by atoms with Crippen LogP contribution in [0.5, 0.6) is 5.75 Å². The van der Waals surface area contributed by atoms with Crippen molar-refractivity contribution in [2.45, 2.75) is 58.2 Å². The SMILES string of the molecule is COC(=O)[C@H]1O[C@H](Oc2ccc(CO)cc2NC(=O)CCNC(=O)OCC2c3ccccc3-c3ccccc32)[C@H](OC(C)=O)[C@@H](C)[C@@H]1C. The maximum atomic E-state index is 13.0. The Labute approximate surface area is 278 Å². The number of benzene rings is 3. The Balaban J connectivity index is 1.19. The van der Waals surface area contributed by atoms with Gasteiger partial charge in [-0.2, -0.15) is 0 Å². The van der Waals surface area contributed by atoms with Gasteiger partial charge in [0, 0.05) is 31.7 Å². The molecule has 254 valence electrons. The topological polar surface area (TPSA) is 159 Å². The number of nitrogens with one attached hydrogen (secondary N) is 2. The van der Waals surface area contributed by atoms with Gasteiger partial charge in [0.15, 0.2) is 12.2 Å². The number of rotatable bonds is 11. The smallest absolute Gasteiger partial charge is 0.407 e. The second-order valence-electron chi connectivity index (χ2n) is 11.9. The Morgan fingerprint density at radius 1 is 0.917 bits per heavy atom. The number of hydrogen-bond donors (Lipinski definition) is 3. The molecule has 2 amide bonds. The zero-order chi connectivity index (χ0) is 34.4. The van der Waals surface area contributed by atoms with E-state index in [1.165, 1.54) is 26.2 Å². The summed E-state index contributed by atoms with van der Waals surface area (Å²) in [5.41, 5.74) is 5.13. The van der Waals surface area contributed by atoms with Gasteiger partial charge >= 0.3 is 18.0 Å². The van der Waals surface area contributed by atoms with E-state index in [0.29, 0.717) is 5.56 Å². The largest absolute Gasteiger partial charge is 0.467 e. The van der Waals surface area contributed by atoms with Crippen LogP contribution in [0.15, 0.2) is 66.7 Å². The fourth-order valence-electron chi connectivity index (χ4n) is 6.15. The second kappa shape index (κ2) is 15.3. The van der Waals surface area contributed by atoms with E-state index in [-0.39, 0.29) is 55.4 Å². The van der Waals surface area contributed by atoms with Gasteiger partial charge in [-0.1, -0.05) is 68.4 Å². The Bertz CT molecular complexity index is 1610. The van der Waals surface area contributed by atoms with Crippen LogP contribution in [0.2, 0.25) is 0 Å². The van der Waals surface area contributed by atoms with Gasteiger partial charge < -0.3 is 39.4 Å². The van der Waals surface area contributed by atoms with Crippen LogP contribution in [0.4, 0.5) is 10.5 Å². The van der Waals surface area contributed by atoms with Crippen LogP contribution in [-0.2, 0) is 39.9 Å². The summed E-state index contributed by atoms with van der Waals surface area (Å²) in [4.78, 5) is 50.0. The van der Waals surface area contributed by atoms with Crippen molar-refractivity contribution in [1.82, 2.24) is 5.32 Å². The summed E-state index contributed by atoms with van der Waals surface area (Å²) < 4.78 is 28.1. The molecule has 12 nitrogen and oxygen atoms in total. The number of anilines is 1. The average Bonchev–Trinajstić information content (AvgIpc) is 3.40. The first-order valence-electron chi connectivity index (χ1n) is 15.8. The van der Waals surface area contributed by atoms with Crippen LogP contribution in [-0.4, -0.2) is 67.8 Å². The molecule has 0 aromatic heterocycles. The molecule has 1 saturated heterocycles. The lowest BCUT2D eigenvalue weighted by Crippen LogP contribution is -2.55. The van der Waals surface area contributed by atoms with Crippen LogP contribution in [0.3, 0.4) is 0 Å². The van der Waals surface area contributed by atoms with Gasteiger partial charge in [0.1, 0.15) is 12.4 Å². The molecule has 12 heteroatoms. The number of aliphatic hydroxyl groups is 1. The van der Waals surface area contributed by atoms with Crippen molar-refractivity contribution in [3.8, 4) is 16.9 Å². The van der Waals surface area contributed by atoms with E-state index in [9.17, 15) is 24.3 Å². The van der Waals surface area contributed by atoms with Gasteiger partial charge in [-0.05, 0) is 45.9 Å². The predicted octanol–water partition coefficient (Wildman–Crippen LogP) is 4.53. The van der Waals surface area contributed by atoms with Crippen molar-refractivity contribution in [2.24, 2.45) is 11.8 Å². The first kappa shape index (κ1) is 34.4. The Hall–Kier alpha value is -4.94. The first-order chi connectivity index (χ1) is 23.1. The third-order valence-corrected chi connectivity index (χ3v) is 8.82. The summed E-state index contributed by atoms with van der Waals surface area (Å²) in [6.07, 6.45) is -3.82. The van der Waals surface area contributed by atoms with Crippen LogP contribution in [0, 0.1) is 11.8 Å². The predicted molar refractivity (Wildman–Crippen MR) is 174 cm³/mol. The molecular formula is C36H40N2O10. The summed E-state index contributed by atoms with van der Waals surface area (Å²) in [5.74, 6) is -2.26. The van der Waals surface area contributed by atoms with Crippen LogP contribution in [0.25, 0.3) is 11.1 Å². The van der Waals surface area contributed by atoms with Crippen molar-refractivity contribution in [1.29, 1.82) is 0 Å². The molecule has 0 saturated carbocycles. The molecule has 5 atom stereocenters. The zero-order valence-electron chi connectivity index (χ0n) is 27.3. The molecule has 1 fully saturated rings. The second-order valence-corrected chi connectivity index (χ2v) is 11.9. The van der Waals surface area contributed by atoms with E-state index in [2.05, 4.69) is 22.8 Å². The van der Waals surface area contributed by atoms with Crippen LogP contribution in [0.1, 0.15) is 49.8 Å². The highest BCUT2D eigenvalue weighted by atomic mass is 16.7. The minimum atomic E-state index is -1.21. The number of esters is 2. The van der Waals surface area contributed by atoms with E-state index in [0.717, 1.165) is 22.3 Å². The van der Waals surface area contributed by atoms with Gasteiger partial charge in [0.05, 0.1) is 19.4 Å². The molecule has 1 heterocycles. The molecule has 5 rings (SSSR count). The number of hydrogen-bond acceptors (Lipinski definition) is 10. The minimum absolute atomic E-state index is 0.00510. The highest BCUT2D eigenvalue weighted by Gasteiger charge is 2.48. The summed E-state index contributed by atoms with van der Waals surface area (Å²) in [6.45, 7) is 4.70. The van der Waals surface area contributed by atoms with Crippen molar-refractivity contribution >= 4 is 29.6 Å².